The first-order valence-corrected chi connectivity index (χ1v) is 11.1. The molecule has 7 heteroatoms. The number of allylic oxidation sites excluding steroid dienone is 3. The van der Waals surface area contributed by atoms with E-state index >= 15 is 0 Å². The number of pyridine rings is 1. The summed E-state index contributed by atoms with van der Waals surface area (Å²) in [5.41, 5.74) is 12.6. The molecule has 0 fully saturated rings. The quantitative estimate of drug-likeness (QED) is 0.468. The highest BCUT2D eigenvalue weighted by Gasteiger charge is 2.29. The molecule has 1 aliphatic carbocycles. The van der Waals surface area contributed by atoms with Gasteiger partial charge in [0.25, 0.3) is 0 Å². The molecule has 1 heterocycles. The predicted molar refractivity (Wildman–Crippen MR) is 134 cm³/mol. The Morgan fingerprint density at radius 1 is 1.06 bits per heavy atom. The zero-order chi connectivity index (χ0) is 24.4. The van der Waals surface area contributed by atoms with Gasteiger partial charge in [-0.25, -0.2) is 4.98 Å². The summed E-state index contributed by atoms with van der Waals surface area (Å²) in [4.78, 5) is 4.36. The second kappa shape index (κ2) is 9.24. The monoisotopic (exact) mass is 507 g/mol. The first-order chi connectivity index (χ1) is 16.4. The fourth-order valence-corrected chi connectivity index (χ4v) is 4.51. The van der Waals surface area contributed by atoms with E-state index in [0.717, 1.165) is 32.3 Å². The Kier molecular flexibility index (Phi) is 6.19. The molecule has 3 aromatic rings. The first-order valence-electron chi connectivity index (χ1n) is 10.3. The van der Waals surface area contributed by atoms with Crippen molar-refractivity contribution >= 4 is 39.0 Å². The number of anilines is 1. The normalized spacial score (nSPS) is 13.2. The molecule has 0 radical (unpaired) electrons. The van der Waals surface area contributed by atoms with E-state index in [1.807, 2.05) is 56.3 Å². The third-order valence-corrected chi connectivity index (χ3v) is 6.39. The molecule has 0 atom stereocenters. The molecule has 1 aliphatic rings. The summed E-state index contributed by atoms with van der Waals surface area (Å²) >= 11 is 3.57. The van der Waals surface area contributed by atoms with Crippen LogP contribution in [-0.2, 0) is 6.61 Å². The lowest BCUT2D eigenvalue weighted by Gasteiger charge is -2.12. The molecule has 2 N–H and O–H groups in total. The maximum atomic E-state index is 9.72. The van der Waals surface area contributed by atoms with E-state index in [2.05, 4.69) is 39.1 Å². The number of hydrogen-bond donors (Lipinski definition) is 1. The van der Waals surface area contributed by atoms with Crippen molar-refractivity contribution < 1.29 is 4.74 Å². The van der Waals surface area contributed by atoms with Gasteiger partial charge in [0.15, 0.2) is 0 Å². The van der Waals surface area contributed by atoms with Crippen LogP contribution in [0, 0.1) is 40.9 Å². The molecule has 164 valence electrons. The second-order valence-electron chi connectivity index (χ2n) is 7.75. The third kappa shape index (κ3) is 3.92. The van der Waals surface area contributed by atoms with Gasteiger partial charge in [-0.15, -0.1) is 0 Å². The van der Waals surface area contributed by atoms with Gasteiger partial charge < -0.3 is 10.5 Å². The Bertz CT molecular complexity index is 1530. The number of rotatable bonds is 4. The Labute approximate surface area is 206 Å². The number of halogens is 1. The van der Waals surface area contributed by atoms with Gasteiger partial charge in [0, 0.05) is 11.1 Å². The van der Waals surface area contributed by atoms with Crippen molar-refractivity contribution in [1.82, 2.24) is 4.98 Å². The third-order valence-electron chi connectivity index (χ3n) is 5.77. The van der Waals surface area contributed by atoms with E-state index in [1.54, 1.807) is 6.07 Å². The molecule has 0 amide bonds. The molecular weight excluding hydrogens is 490 g/mol. The standard InChI is InChI=1S/C27H18BrN5O/c1-15-20(25-16(2)22(13-31)27(32)33-26(25)21(15)12-30)9-17-7-8-24(23(28)10-17)34-14-19-6-4-3-5-18(19)11-29/h3-10H,14H2,1-2H3,(H2,32,33)/b20-9+. The van der Waals surface area contributed by atoms with E-state index in [1.165, 1.54) is 0 Å². The van der Waals surface area contributed by atoms with E-state index in [4.69, 9.17) is 10.5 Å². The number of nitrogens with zero attached hydrogens (tertiary/aromatic N) is 4. The Morgan fingerprint density at radius 2 is 1.82 bits per heavy atom. The minimum atomic E-state index is 0.128. The van der Waals surface area contributed by atoms with Crippen LogP contribution >= 0.6 is 15.9 Å². The zero-order valence-corrected chi connectivity index (χ0v) is 20.1. The van der Waals surface area contributed by atoms with Crippen LogP contribution in [-0.4, -0.2) is 4.98 Å². The van der Waals surface area contributed by atoms with Crippen molar-refractivity contribution in [2.75, 3.05) is 5.73 Å². The molecule has 2 aromatic carbocycles. The number of fused-ring (bicyclic) bond motifs is 1. The van der Waals surface area contributed by atoms with Crippen LogP contribution in [0.2, 0.25) is 0 Å². The van der Waals surface area contributed by atoms with Crippen LogP contribution in [0.5, 0.6) is 5.75 Å². The van der Waals surface area contributed by atoms with Gasteiger partial charge in [0.2, 0.25) is 0 Å². The highest BCUT2D eigenvalue weighted by Crippen LogP contribution is 2.44. The lowest BCUT2D eigenvalue weighted by molar-refractivity contribution is 0.304. The maximum absolute atomic E-state index is 9.72. The summed E-state index contributed by atoms with van der Waals surface area (Å²) in [5, 5.41) is 28.5. The fourth-order valence-electron chi connectivity index (χ4n) is 4.00. The van der Waals surface area contributed by atoms with Crippen LogP contribution in [0.15, 0.2) is 52.5 Å². The fraction of sp³-hybridized carbons (Fsp3) is 0.111. The molecule has 0 saturated carbocycles. The number of nitriles is 3. The molecule has 34 heavy (non-hydrogen) atoms. The smallest absolute Gasteiger partial charge is 0.142 e. The molecule has 0 saturated heterocycles. The van der Waals surface area contributed by atoms with Crippen LogP contribution in [0.3, 0.4) is 0 Å². The van der Waals surface area contributed by atoms with Crippen LogP contribution in [0.25, 0.3) is 17.2 Å². The number of benzene rings is 2. The zero-order valence-electron chi connectivity index (χ0n) is 18.5. The van der Waals surface area contributed by atoms with Crippen LogP contribution in [0.1, 0.15) is 46.0 Å². The summed E-state index contributed by atoms with van der Waals surface area (Å²) in [7, 11) is 0. The van der Waals surface area contributed by atoms with Crippen LogP contribution < -0.4 is 10.5 Å². The summed E-state index contributed by atoms with van der Waals surface area (Å²) in [6.45, 7) is 3.96. The Morgan fingerprint density at radius 3 is 2.50 bits per heavy atom. The molecule has 0 unspecified atom stereocenters. The summed E-state index contributed by atoms with van der Waals surface area (Å²) in [5.74, 6) is 0.770. The average Bonchev–Trinajstić information content (AvgIpc) is 3.09. The summed E-state index contributed by atoms with van der Waals surface area (Å²) < 4.78 is 6.69. The van der Waals surface area contributed by atoms with E-state index in [-0.39, 0.29) is 12.4 Å². The van der Waals surface area contributed by atoms with E-state index < -0.39 is 0 Å². The molecule has 1 aromatic heterocycles. The molecule has 0 spiro atoms. The summed E-state index contributed by atoms with van der Waals surface area (Å²) in [6, 6.07) is 19.5. The summed E-state index contributed by atoms with van der Waals surface area (Å²) in [6.07, 6.45) is 1.96. The van der Waals surface area contributed by atoms with E-state index in [0.29, 0.717) is 33.7 Å². The number of hydrogen-bond acceptors (Lipinski definition) is 6. The average molecular weight is 508 g/mol. The minimum Gasteiger partial charge on any atom is -0.488 e. The van der Waals surface area contributed by atoms with Gasteiger partial charge in [-0.3, -0.25) is 0 Å². The van der Waals surface area contributed by atoms with Gasteiger partial charge in [-0.1, -0.05) is 24.3 Å². The molecule has 0 bridgehead atoms. The van der Waals surface area contributed by atoms with Crippen molar-refractivity contribution in [3.8, 4) is 24.0 Å². The molecule has 0 aliphatic heterocycles. The lowest BCUT2D eigenvalue weighted by Crippen LogP contribution is -2.03. The Hall–Kier alpha value is -4.38. The molecule has 6 nitrogen and oxygen atoms in total. The number of nitrogen functional groups attached to an aromatic ring is 1. The van der Waals surface area contributed by atoms with Gasteiger partial charge >= 0.3 is 0 Å². The topological polar surface area (TPSA) is 120 Å². The first kappa shape index (κ1) is 22.8. The van der Waals surface area contributed by atoms with Gasteiger partial charge in [0.1, 0.15) is 30.3 Å². The lowest BCUT2D eigenvalue weighted by atomic mass is 9.95. The molecular formula is C27H18BrN5O. The van der Waals surface area contributed by atoms with E-state index in [9.17, 15) is 15.8 Å². The molecule has 4 rings (SSSR count). The SMILES string of the molecule is CC1=C(C#N)c2nc(N)c(C#N)c(C)c2/C1=C/c1ccc(OCc2ccccc2C#N)c(Br)c1. The van der Waals surface area contributed by atoms with Gasteiger partial charge in [-0.2, -0.15) is 15.8 Å². The Balaban J connectivity index is 1.70. The highest BCUT2D eigenvalue weighted by atomic mass is 79.9. The van der Waals surface area contributed by atoms with Crippen molar-refractivity contribution in [1.29, 1.82) is 15.8 Å². The van der Waals surface area contributed by atoms with Crippen molar-refractivity contribution in [2.45, 2.75) is 20.5 Å². The van der Waals surface area contributed by atoms with Crippen molar-refractivity contribution in [3.05, 3.63) is 91.6 Å². The number of ether oxygens (including phenoxy) is 1. The van der Waals surface area contributed by atoms with Crippen molar-refractivity contribution in [3.63, 3.8) is 0 Å². The largest absolute Gasteiger partial charge is 0.488 e. The van der Waals surface area contributed by atoms with Crippen LogP contribution in [0.4, 0.5) is 5.82 Å². The second-order valence-corrected chi connectivity index (χ2v) is 8.60. The van der Waals surface area contributed by atoms with Crippen molar-refractivity contribution in [2.24, 2.45) is 0 Å². The predicted octanol–water partition coefficient (Wildman–Crippen LogP) is 5.91. The number of nitrogens with two attached hydrogens (primary N) is 1. The highest BCUT2D eigenvalue weighted by molar-refractivity contribution is 9.10. The number of aromatic nitrogens is 1. The minimum absolute atomic E-state index is 0.128. The maximum Gasteiger partial charge on any atom is 0.142 e. The van der Waals surface area contributed by atoms with Gasteiger partial charge in [0.05, 0.1) is 32.9 Å². The van der Waals surface area contributed by atoms with Gasteiger partial charge in [-0.05, 0) is 76.3 Å².